The van der Waals surface area contributed by atoms with E-state index in [0.717, 1.165) is 30.2 Å². The van der Waals surface area contributed by atoms with Gasteiger partial charge in [0, 0.05) is 11.8 Å². The molecule has 0 saturated heterocycles. The third kappa shape index (κ3) is 2.36. The van der Waals surface area contributed by atoms with Crippen LogP contribution in [0.1, 0.15) is 52.2 Å². The average molecular weight is 259 g/mol. The molecular weight excluding hydrogens is 242 g/mol. The number of aryl methyl sites for hydroxylation is 1. The lowest BCUT2D eigenvalue weighted by Gasteiger charge is -2.28. The van der Waals surface area contributed by atoms with Crippen molar-refractivity contribution in [3.63, 3.8) is 0 Å². The molecule has 1 aliphatic rings. The maximum absolute atomic E-state index is 11.2. The summed E-state index contributed by atoms with van der Waals surface area (Å²) in [5.41, 5.74) is 3.02. The highest BCUT2D eigenvalue weighted by atomic mass is 16.4. The van der Waals surface area contributed by atoms with E-state index in [2.05, 4.69) is 5.10 Å². The SMILES string of the molecule is Cc1cc(C2CCC2)c(/C(C=N)=N/N)cc1C(=O)O. The number of carboxylic acid groups (broad SMARTS) is 1. The molecule has 0 bridgehead atoms. The van der Waals surface area contributed by atoms with Crippen molar-refractivity contribution < 1.29 is 9.90 Å². The maximum Gasteiger partial charge on any atom is 0.335 e. The van der Waals surface area contributed by atoms with Gasteiger partial charge in [-0.1, -0.05) is 12.5 Å². The number of hydrazone groups is 1. The van der Waals surface area contributed by atoms with Crippen molar-refractivity contribution >= 4 is 17.9 Å². The Hall–Kier alpha value is -2.17. The molecule has 1 aromatic carbocycles. The molecule has 0 heterocycles. The first kappa shape index (κ1) is 13.3. The van der Waals surface area contributed by atoms with Crippen molar-refractivity contribution in [3.05, 3.63) is 34.4 Å². The number of aromatic carboxylic acids is 1. The number of hydrogen-bond donors (Lipinski definition) is 3. The first-order chi connectivity index (χ1) is 9.08. The zero-order valence-electron chi connectivity index (χ0n) is 10.8. The van der Waals surface area contributed by atoms with E-state index < -0.39 is 5.97 Å². The fourth-order valence-electron chi connectivity index (χ4n) is 2.42. The Morgan fingerprint density at radius 3 is 2.58 bits per heavy atom. The number of carbonyl (C=O) groups is 1. The summed E-state index contributed by atoms with van der Waals surface area (Å²) in [6, 6.07) is 3.49. The fraction of sp³-hybridized carbons (Fsp3) is 0.357. The molecule has 0 spiro atoms. The van der Waals surface area contributed by atoms with Crippen LogP contribution in [-0.2, 0) is 0 Å². The van der Waals surface area contributed by atoms with Crippen LogP contribution >= 0.6 is 0 Å². The Morgan fingerprint density at radius 1 is 1.47 bits per heavy atom. The van der Waals surface area contributed by atoms with E-state index in [1.54, 1.807) is 13.0 Å². The molecule has 0 radical (unpaired) electrons. The molecule has 19 heavy (non-hydrogen) atoms. The fourth-order valence-corrected chi connectivity index (χ4v) is 2.42. The second-order valence-corrected chi connectivity index (χ2v) is 4.85. The second kappa shape index (κ2) is 5.22. The van der Waals surface area contributed by atoms with E-state index in [1.165, 1.54) is 6.42 Å². The van der Waals surface area contributed by atoms with Gasteiger partial charge in [-0.25, -0.2) is 4.79 Å². The van der Waals surface area contributed by atoms with E-state index in [1.807, 2.05) is 6.07 Å². The number of benzene rings is 1. The normalized spacial score (nSPS) is 15.9. The summed E-state index contributed by atoms with van der Waals surface area (Å²) in [7, 11) is 0. The molecule has 1 aromatic rings. The number of nitrogens with two attached hydrogens (primary N) is 1. The molecule has 1 saturated carbocycles. The Kier molecular flexibility index (Phi) is 3.64. The third-order valence-electron chi connectivity index (χ3n) is 3.72. The lowest BCUT2D eigenvalue weighted by molar-refractivity contribution is 0.0696. The zero-order valence-corrected chi connectivity index (χ0v) is 10.8. The van der Waals surface area contributed by atoms with Crippen LogP contribution in [0.25, 0.3) is 0 Å². The molecule has 5 nitrogen and oxygen atoms in total. The van der Waals surface area contributed by atoms with E-state index >= 15 is 0 Å². The van der Waals surface area contributed by atoms with Crippen molar-refractivity contribution in [1.29, 1.82) is 5.41 Å². The Bertz CT molecular complexity index is 560. The molecule has 4 N–H and O–H groups in total. The molecule has 0 unspecified atom stereocenters. The molecule has 1 fully saturated rings. The number of nitrogens with one attached hydrogen (secondary N) is 1. The second-order valence-electron chi connectivity index (χ2n) is 4.85. The van der Waals surface area contributed by atoms with Crippen molar-refractivity contribution in [2.45, 2.75) is 32.1 Å². The predicted molar refractivity (Wildman–Crippen MR) is 74.2 cm³/mol. The number of nitrogens with zero attached hydrogens (tertiary/aromatic N) is 1. The van der Waals surface area contributed by atoms with Crippen LogP contribution in [-0.4, -0.2) is 23.0 Å². The van der Waals surface area contributed by atoms with Crippen LogP contribution in [0.4, 0.5) is 0 Å². The third-order valence-corrected chi connectivity index (χ3v) is 3.72. The van der Waals surface area contributed by atoms with Gasteiger partial charge in [-0.05, 0) is 42.9 Å². The van der Waals surface area contributed by atoms with Crippen LogP contribution in [0.15, 0.2) is 17.2 Å². The van der Waals surface area contributed by atoms with Crippen molar-refractivity contribution in [2.24, 2.45) is 10.9 Å². The topological polar surface area (TPSA) is 99.5 Å². The monoisotopic (exact) mass is 259 g/mol. The summed E-state index contributed by atoms with van der Waals surface area (Å²) in [5.74, 6) is 4.75. The molecule has 5 heteroatoms. The van der Waals surface area contributed by atoms with Gasteiger partial charge in [0.2, 0.25) is 0 Å². The Labute approximate surface area is 111 Å². The van der Waals surface area contributed by atoms with Gasteiger partial charge < -0.3 is 16.4 Å². The molecule has 0 aliphatic heterocycles. The maximum atomic E-state index is 11.2. The summed E-state index contributed by atoms with van der Waals surface area (Å²) in [6.45, 7) is 1.79. The minimum Gasteiger partial charge on any atom is -0.478 e. The van der Waals surface area contributed by atoms with Crippen LogP contribution in [0, 0.1) is 12.3 Å². The Morgan fingerprint density at radius 2 is 2.16 bits per heavy atom. The highest BCUT2D eigenvalue weighted by Gasteiger charge is 2.25. The van der Waals surface area contributed by atoms with E-state index in [-0.39, 0.29) is 5.56 Å². The quantitative estimate of drug-likeness (QED) is 0.439. The van der Waals surface area contributed by atoms with E-state index in [0.29, 0.717) is 17.2 Å². The van der Waals surface area contributed by atoms with Gasteiger partial charge in [0.15, 0.2) is 0 Å². The van der Waals surface area contributed by atoms with Crippen molar-refractivity contribution in [3.8, 4) is 0 Å². The first-order valence-corrected chi connectivity index (χ1v) is 6.25. The van der Waals surface area contributed by atoms with Gasteiger partial charge in [0.25, 0.3) is 0 Å². The number of rotatable bonds is 4. The van der Waals surface area contributed by atoms with E-state index in [4.69, 9.17) is 11.3 Å². The van der Waals surface area contributed by atoms with Gasteiger partial charge in [-0.2, -0.15) is 5.10 Å². The number of carboxylic acids is 1. The molecular formula is C14H17N3O2. The van der Waals surface area contributed by atoms with Crippen molar-refractivity contribution in [2.75, 3.05) is 0 Å². The molecule has 1 aliphatic carbocycles. The largest absolute Gasteiger partial charge is 0.478 e. The summed E-state index contributed by atoms with van der Waals surface area (Å²) >= 11 is 0. The average Bonchev–Trinajstić information content (AvgIpc) is 2.30. The first-order valence-electron chi connectivity index (χ1n) is 6.25. The van der Waals surface area contributed by atoms with Gasteiger partial charge in [0.1, 0.15) is 5.71 Å². The summed E-state index contributed by atoms with van der Waals surface area (Å²) in [6.07, 6.45) is 4.44. The van der Waals surface area contributed by atoms with Crippen LogP contribution in [0.2, 0.25) is 0 Å². The van der Waals surface area contributed by atoms with E-state index in [9.17, 15) is 9.90 Å². The van der Waals surface area contributed by atoms with Crippen LogP contribution < -0.4 is 5.84 Å². The van der Waals surface area contributed by atoms with Crippen LogP contribution in [0.3, 0.4) is 0 Å². The molecule has 2 rings (SSSR count). The van der Waals surface area contributed by atoms with Gasteiger partial charge >= 0.3 is 5.97 Å². The van der Waals surface area contributed by atoms with Gasteiger partial charge in [-0.15, -0.1) is 0 Å². The highest BCUT2D eigenvalue weighted by molar-refractivity contribution is 6.37. The van der Waals surface area contributed by atoms with Gasteiger partial charge in [-0.3, -0.25) is 0 Å². The molecule has 0 amide bonds. The molecule has 100 valence electrons. The summed E-state index contributed by atoms with van der Waals surface area (Å²) in [4.78, 5) is 11.2. The minimum atomic E-state index is -0.972. The van der Waals surface area contributed by atoms with Crippen molar-refractivity contribution in [1.82, 2.24) is 0 Å². The minimum absolute atomic E-state index is 0.237. The standard InChI is InChI=1S/C14H17N3O2/c1-8-5-11(9-3-2-4-9)12(13(7-15)17-16)6-10(8)14(18)19/h5-7,9,15H,2-4,16H2,1H3,(H,18,19)/b15-7?,17-13+. The lowest BCUT2D eigenvalue weighted by Crippen LogP contribution is -2.18. The molecule has 0 atom stereocenters. The smallest absolute Gasteiger partial charge is 0.335 e. The van der Waals surface area contributed by atoms with Crippen LogP contribution in [0.5, 0.6) is 0 Å². The summed E-state index contributed by atoms with van der Waals surface area (Å²) < 4.78 is 0. The predicted octanol–water partition coefficient (Wildman–Crippen LogP) is 2.27. The zero-order chi connectivity index (χ0) is 14.0. The van der Waals surface area contributed by atoms with Gasteiger partial charge in [0.05, 0.1) is 5.56 Å². The highest BCUT2D eigenvalue weighted by Crippen LogP contribution is 2.39. The lowest BCUT2D eigenvalue weighted by atomic mass is 9.76. The molecule has 0 aromatic heterocycles. The Balaban J connectivity index is 2.61. The number of hydrogen-bond acceptors (Lipinski definition) is 4. The summed E-state index contributed by atoms with van der Waals surface area (Å²) in [5, 5.41) is 20.1.